The lowest BCUT2D eigenvalue weighted by molar-refractivity contribution is -0.153. The third-order valence-electron chi connectivity index (χ3n) is 1.95. The molecular weight excluding hydrogens is 248 g/mol. The maximum atomic E-state index is 6.14. The molecule has 1 atom stereocenters. The van der Waals surface area contributed by atoms with Gasteiger partial charge in [-0.1, -0.05) is 6.08 Å². The molecule has 0 heterocycles. The zero-order valence-corrected chi connectivity index (χ0v) is 14.6. The maximum absolute atomic E-state index is 6.14. The first-order chi connectivity index (χ1) is 7.54. The molecule has 102 valence electrons. The smallest absolute Gasteiger partial charge is 0.201 e. The minimum absolute atomic E-state index is 0.466. The van der Waals surface area contributed by atoms with E-state index in [1.807, 2.05) is 19.1 Å². The van der Waals surface area contributed by atoms with Crippen LogP contribution in [0.4, 0.5) is 0 Å². The van der Waals surface area contributed by atoms with E-state index in [0.717, 1.165) is 0 Å². The molecular formula is C12H28O3Si2. The second-order valence-corrected chi connectivity index (χ2v) is 15.1. The topological polar surface area (TPSA) is 27.7 Å². The molecule has 17 heavy (non-hydrogen) atoms. The summed E-state index contributed by atoms with van der Waals surface area (Å²) >= 11 is 0. The van der Waals surface area contributed by atoms with Gasteiger partial charge in [0, 0.05) is 7.11 Å². The summed E-state index contributed by atoms with van der Waals surface area (Å²) in [6.07, 6.45) is 3.91. The Balaban J connectivity index is 4.83. The van der Waals surface area contributed by atoms with E-state index < -0.39 is 22.4 Å². The average Bonchev–Trinajstić information content (AvgIpc) is 2.11. The molecule has 0 aromatic heterocycles. The van der Waals surface area contributed by atoms with Crippen molar-refractivity contribution in [3.8, 4) is 0 Å². The first-order valence-corrected chi connectivity index (χ1v) is 12.9. The highest BCUT2D eigenvalue weighted by Crippen LogP contribution is 2.23. The highest BCUT2D eigenvalue weighted by molar-refractivity contribution is 6.70. The minimum atomic E-state index is -1.69. The molecule has 0 fully saturated rings. The van der Waals surface area contributed by atoms with Crippen molar-refractivity contribution in [3.05, 3.63) is 12.2 Å². The zero-order chi connectivity index (χ0) is 13.7. The Morgan fingerprint density at radius 2 is 1.53 bits per heavy atom. The van der Waals surface area contributed by atoms with Gasteiger partial charge in [0.25, 0.3) is 0 Å². The molecule has 0 spiro atoms. The predicted octanol–water partition coefficient (Wildman–Crippen LogP) is 3.61. The number of methoxy groups -OCH3 is 1. The van der Waals surface area contributed by atoms with Gasteiger partial charge in [0.05, 0.1) is 6.61 Å². The van der Waals surface area contributed by atoms with Crippen molar-refractivity contribution < 1.29 is 13.6 Å². The molecule has 5 heteroatoms. The van der Waals surface area contributed by atoms with Gasteiger partial charge in [-0.2, -0.15) is 0 Å². The first kappa shape index (κ1) is 17.1. The number of hydrogen-bond acceptors (Lipinski definition) is 3. The van der Waals surface area contributed by atoms with E-state index in [-0.39, 0.29) is 0 Å². The fraction of sp³-hybridized carbons (Fsp3) is 0.833. The highest BCUT2D eigenvalue weighted by Gasteiger charge is 2.35. The van der Waals surface area contributed by atoms with Crippen molar-refractivity contribution in [2.45, 2.75) is 52.0 Å². The molecule has 0 aromatic carbocycles. The van der Waals surface area contributed by atoms with Crippen LogP contribution in [0.25, 0.3) is 0 Å². The Bertz CT molecular complexity index is 253. The van der Waals surface area contributed by atoms with E-state index >= 15 is 0 Å². The van der Waals surface area contributed by atoms with Crippen molar-refractivity contribution in [1.29, 1.82) is 0 Å². The Kier molecular flexibility index (Phi) is 6.31. The van der Waals surface area contributed by atoms with Crippen LogP contribution in [0.1, 0.15) is 6.92 Å². The average molecular weight is 277 g/mol. The van der Waals surface area contributed by atoms with Crippen LogP contribution >= 0.6 is 0 Å². The van der Waals surface area contributed by atoms with Crippen LogP contribution in [0.5, 0.6) is 0 Å². The van der Waals surface area contributed by atoms with Gasteiger partial charge >= 0.3 is 0 Å². The Labute approximate surface area is 108 Å². The fourth-order valence-electron chi connectivity index (χ4n) is 1.37. The molecule has 0 saturated carbocycles. The molecule has 0 bridgehead atoms. The lowest BCUT2D eigenvalue weighted by Crippen LogP contribution is -2.48. The molecule has 0 aromatic rings. The molecule has 0 aliphatic carbocycles. The number of allylic oxidation sites excluding steroid dienone is 1. The largest absolute Gasteiger partial charge is 0.412 e. The molecule has 0 rings (SSSR count). The van der Waals surface area contributed by atoms with E-state index in [1.54, 1.807) is 7.11 Å². The summed E-state index contributed by atoms with van der Waals surface area (Å²) in [4.78, 5) is 0. The van der Waals surface area contributed by atoms with E-state index in [9.17, 15) is 0 Å². The van der Waals surface area contributed by atoms with Crippen LogP contribution in [-0.4, -0.2) is 36.1 Å². The summed E-state index contributed by atoms with van der Waals surface area (Å²) in [7, 11) is -1.58. The molecule has 0 aliphatic heterocycles. The third-order valence-corrected chi connectivity index (χ3v) is 3.92. The van der Waals surface area contributed by atoms with Gasteiger partial charge in [0.15, 0.2) is 16.6 Å². The predicted molar refractivity (Wildman–Crippen MR) is 78.3 cm³/mol. The lowest BCUT2D eigenvalue weighted by Gasteiger charge is -2.37. The quantitative estimate of drug-likeness (QED) is 0.404. The molecule has 0 N–H and O–H groups in total. The van der Waals surface area contributed by atoms with Crippen LogP contribution < -0.4 is 0 Å². The van der Waals surface area contributed by atoms with Crippen LogP contribution in [-0.2, 0) is 13.6 Å². The first-order valence-electron chi connectivity index (χ1n) is 6.07. The molecule has 0 amide bonds. The summed E-state index contributed by atoms with van der Waals surface area (Å²) in [5, 5.41) is 0. The molecule has 0 radical (unpaired) electrons. The van der Waals surface area contributed by atoms with Crippen molar-refractivity contribution in [1.82, 2.24) is 0 Å². The molecule has 0 saturated heterocycles. The van der Waals surface area contributed by atoms with E-state index in [4.69, 9.17) is 13.6 Å². The van der Waals surface area contributed by atoms with Crippen molar-refractivity contribution in [2.24, 2.45) is 0 Å². The van der Waals surface area contributed by atoms with E-state index in [2.05, 4.69) is 39.3 Å². The second kappa shape index (κ2) is 6.29. The van der Waals surface area contributed by atoms with E-state index in [0.29, 0.717) is 6.61 Å². The van der Waals surface area contributed by atoms with Crippen LogP contribution in [0.3, 0.4) is 0 Å². The van der Waals surface area contributed by atoms with Crippen LogP contribution in [0, 0.1) is 0 Å². The van der Waals surface area contributed by atoms with Gasteiger partial charge in [-0.25, -0.2) is 0 Å². The van der Waals surface area contributed by atoms with Gasteiger partial charge in [0.1, 0.15) is 0 Å². The minimum Gasteiger partial charge on any atom is -0.412 e. The Morgan fingerprint density at radius 3 is 1.82 bits per heavy atom. The van der Waals surface area contributed by atoms with Crippen LogP contribution in [0.15, 0.2) is 12.2 Å². The summed E-state index contributed by atoms with van der Waals surface area (Å²) in [5.41, 5.74) is 0. The van der Waals surface area contributed by atoms with Gasteiger partial charge in [-0.05, 0) is 52.3 Å². The second-order valence-electron chi connectivity index (χ2n) is 6.13. The maximum Gasteiger partial charge on any atom is 0.201 e. The summed E-state index contributed by atoms with van der Waals surface area (Å²) in [6.45, 7) is 15.4. The fourth-order valence-corrected chi connectivity index (χ4v) is 3.25. The molecule has 3 nitrogen and oxygen atoms in total. The monoisotopic (exact) mass is 276 g/mol. The molecule has 1 unspecified atom stereocenters. The van der Waals surface area contributed by atoms with Gasteiger partial charge in [-0.15, -0.1) is 0 Å². The summed E-state index contributed by atoms with van der Waals surface area (Å²) in [6, 6.07) is 0. The third kappa shape index (κ3) is 7.88. The van der Waals surface area contributed by atoms with Gasteiger partial charge in [-0.3, -0.25) is 0 Å². The Hall–Kier alpha value is 0.0538. The van der Waals surface area contributed by atoms with Gasteiger partial charge < -0.3 is 13.6 Å². The number of ether oxygens (including phenoxy) is 1. The van der Waals surface area contributed by atoms with Crippen molar-refractivity contribution in [2.75, 3.05) is 13.7 Å². The zero-order valence-electron chi connectivity index (χ0n) is 12.6. The van der Waals surface area contributed by atoms with E-state index in [1.165, 1.54) is 0 Å². The highest BCUT2D eigenvalue weighted by atomic mass is 28.4. The summed E-state index contributed by atoms with van der Waals surface area (Å²) in [5.74, 6) is -0.723. The number of rotatable bonds is 7. The normalized spacial score (nSPS) is 17.4. The number of hydrogen-bond donors (Lipinski definition) is 0. The Morgan fingerprint density at radius 1 is 1.00 bits per heavy atom. The molecule has 0 aliphatic rings. The van der Waals surface area contributed by atoms with Crippen molar-refractivity contribution >= 4 is 16.6 Å². The SMILES string of the molecule is CC=CC(CO[Si](C)(C)C)(OC)O[Si](C)(C)C. The van der Waals surface area contributed by atoms with Crippen LogP contribution in [0.2, 0.25) is 39.3 Å². The van der Waals surface area contributed by atoms with Crippen molar-refractivity contribution in [3.63, 3.8) is 0 Å². The summed E-state index contributed by atoms with van der Waals surface area (Å²) < 4.78 is 17.7. The lowest BCUT2D eigenvalue weighted by atomic mass is 10.3. The standard InChI is InChI=1S/C12H28O3Si2/c1-9-10-12(13-2,15-17(6,7)8)11-14-16(3,4)5/h9-10H,11H2,1-8H3. The van der Waals surface area contributed by atoms with Gasteiger partial charge in [0.2, 0.25) is 5.79 Å².